The van der Waals surface area contributed by atoms with Gasteiger partial charge in [-0.2, -0.15) is 15.0 Å². The maximum Gasteiger partial charge on any atom is 0.338 e. The topological polar surface area (TPSA) is 165 Å². The third kappa shape index (κ3) is 5.12. The van der Waals surface area contributed by atoms with Crippen LogP contribution in [0, 0.1) is 10.1 Å². The molecule has 31 heavy (non-hydrogen) atoms. The van der Waals surface area contributed by atoms with Crippen molar-refractivity contribution in [2.75, 3.05) is 25.3 Å². The molecule has 0 atom stereocenters. The number of nitrogens with one attached hydrogen (secondary N) is 1. The van der Waals surface area contributed by atoms with Gasteiger partial charge in [0.15, 0.2) is 11.6 Å². The van der Waals surface area contributed by atoms with E-state index in [1.54, 1.807) is 18.2 Å². The molecule has 12 nitrogen and oxygen atoms in total. The van der Waals surface area contributed by atoms with Crippen molar-refractivity contribution in [3.8, 4) is 11.5 Å². The maximum absolute atomic E-state index is 11.6. The molecule has 0 aliphatic carbocycles. The number of ether oxygens (including phenoxy) is 3. The third-order valence-electron chi connectivity index (χ3n) is 3.99. The fraction of sp³-hybridized carbons (Fsp3) is 0.158. The van der Waals surface area contributed by atoms with Crippen LogP contribution in [0.2, 0.25) is 0 Å². The van der Waals surface area contributed by atoms with Gasteiger partial charge in [-0.05, 0) is 24.3 Å². The van der Waals surface area contributed by atoms with E-state index in [9.17, 15) is 14.9 Å². The second-order valence-corrected chi connectivity index (χ2v) is 5.98. The Labute approximate surface area is 176 Å². The van der Waals surface area contributed by atoms with Crippen molar-refractivity contribution in [2.45, 2.75) is 6.61 Å². The van der Waals surface area contributed by atoms with Gasteiger partial charge in [0.2, 0.25) is 11.9 Å². The number of anilines is 3. The standard InChI is InChI=1S/C19H18N6O6/c1-29-14-6-4-3-5-12(14)21-19-23-16(22-18(20)24-19)10-31-15-8-7-11(17(26)30-2)9-13(15)25(27)28/h3-9H,10H2,1-2H3,(H3,20,21,22,23,24). The van der Waals surface area contributed by atoms with Gasteiger partial charge in [-0.1, -0.05) is 12.1 Å². The van der Waals surface area contributed by atoms with Gasteiger partial charge >= 0.3 is 11.7 Å². The Balaban J connectivity index is 1.81. The average Bonchev–Trinajstić information content (AvgIpc) is 2.77. The largest absolute Gasteiger partial charge is 0.495 e. The zero-order valence-electron chi connectivity index (χ0n) is 16.6. The average molecular weight is 426 g/mol. The molecule has 0 saturated carbocycles. The van der Waals surface area contributed by atoms with E-state index in [4.69, 9.17) is 15.2 Å². The molecule has 3 rings (SSSR count). The van der Waals surface area contributed by atoms with Crippen molar-refractivity contribution in [3.63, 3.8) is 0 Å². The Morgan fingerprint density at radius 1 is 1.13 bits per heavy atom. The highest BCUT2D eigenvalue weighted by Crippen LogP contribution is 2.29. The summed E-state index contributed by atoms with van der Waals surface area (Å²) in [6.07, 6.45) is 0. The summed E-state index contributed by atoms with van der Waals surface area (Å²) >= 11 is 0. The van der Waals surface area contributed by atoms with Crippen molar-refractivity contribution in [2.24, 2.45) is 0 Å². The minimum atomic E-state index is -0.702. The van der Waals surface area contributed by atoms with Crippen molar-refractivity contribution >= 4 is 29.2 Å². The molecule has 0 radical (unpaired) electrons. The molecule has 0 saturated heterocycles. The Morgan fingerprint density at radius 2 is 1.90 bits per heavy atom. The van der Waals surface area contributed by atoms with Gasteiger partial charge in [-0.25, -0.2) is 4.79 Å². The smallest absolute Gasteiger partial charge is 0.338 e. The van der Waals surface area contributed by atoms with Gasteiger partial charge in [0.25, 0.3) is 0 Å². The van der Waals surface area contributed by atoms with Crippen LogP contribution in [0.4, 0.5) is 23.3 Å². The third-order valence-corrected chi connectivity index (χ3v) is 3.99. The summed E-state index contributed by atoms with van der Waals surface area (Å²) in [6, 6.07) is 10.8. The fourth-order valence-corrected chi connectivity index (χ4v) is 2.60. The zero-order chi connectivity index (χ0) is 22.4. The van der Waals surface area contributed by atoms with Crippen LogP contribution in [-0.4, -0.2) is 40.1 Å². The number of methoxy groups -OCH3 is 2. The van der Waals surface area contributed by atoms with Crippen LogP contribution in [-0.2, 0) is 11.3 Å². The normalized spacial score (nSPS) is 10.3. The number of aromatic nitrogens is 3. The summed E-state index contributed by atoms with van der Waals surface area (Å²) in [7, 11) is 2.71. The lowest BCUT2D eigenvalue weighted by molar-refractivity contribution is -0.386. The van der Waals surface area contributed by atoms with Gasteiger partial charge in [-0.15, -0.1) is 0 Å². The number of nitrogen functional groups attached to an aromatic ring is 1. The maximum atomic E-state index is 11.6. The van der Waals surface area contributed by atoms with Crippen molar-refractivity contribution in [1.29, 1.82) is 0 Å². The number of nitro groups is 1. The molecule has 0 spiro atoms. The monoisotopic (exact) mass is 426 g/mol. The lowest BCUT2D eigenvalue weighted by Gasteiger charge is -2.11. The Morgan fingerprint density at radius 3 is 2.61 bits per heavy atom. The first kappa shape index (κ1) is 21.2. The molecule has 12 heteroatoms. The number of hydrogen-bond donors (Lipinski definition) is 2. The van der Waals surface area contributed by atoms with Crippen LogP contribution in [0.25, 0.3) is 0 Å². The molecule has 160 valence electrons. The highest BCUT2D eigenvalue weighted by molar-refractivity contribution is 5.90. The first-order valence-corrected chi connectivity index (χ1v) is 8.81. The number of nitrogens with two attached hydrogens (primary N) is 1. The van der Waals surface area contributed by atoms with Gasteiger partial charge in [0.1, 0.15) is 12.4 Å². The molecule has 0 bridgehead atoms. The number of benzene rings is 2. The quantitative estimate of drug-likeness (QED) is 0.309. The molecule has 0 aliphatic heterocycles. The predicted octanol–water partition coefficient (Wildman–Crippen LogP) is 2.48. The highest BCUT2D eigenvalue weighted by Gasteiger charge is 2.20. The van der Waals surface area contributed by atoms with E-state index in [1.165, 1.54) is 26.4 Å². The number of rotatable bonds is 8. The van der Waals surface area contributed by atoms with Crippen LogP contribution < -0.4 is 20.5 Å². The number of nitrogens with zero attached hydrogens (tertiary/aromatic N) is 4. The molecule has 1 aromatic heterocycles. The van der Waals surface area contributed by atoms with Gasteiger partial charge in [-0.3, -0.25) is 10.1 Å². The summed E-state index contributed by atoms with van der Waals surface area (Å²) in [4.78, 5) is 34.5. The lowest BCUT2D eigenvalue weighted by Crippen LogP contribution is -2.10. The number of para-hydroxylation sites is 2. The lowest BCUT2D eigenvalue weighted by atomic mass is 10.2. The van der Waals surface area contributed by atoms with E-state index in [0.29, 0.717) is 11.4 Å². The number of esters is 1. The van der Waals surface area contributed by atoms with Crippen LogP contribution in [0.3, 0.4) is 0 Å². The van der Waals surface area contributed by atoms with E-state index in [1.807, 2.05) is 6.07 Å². The van der Waals surface area contributed by atoms with Crippen LogP contribution >= 0.6 is 0 Å². The highest BCUT2D eigenvalue weighted by atomic mass is 16.6. The summed E-state index contributed by atoms with van der Waals surface area (Å²) in [5.41, 5.74) is 5.98. The Kier molecular flexibility index (Phi) is 6.40. The molecule has 0 unspecified atom stereocenters. The molecule has 1 heterocycles. The second-order valence-electron chi connectivity index (χ2n) is 5.98. The van der Waals surface area contributed by atoms with Crippen molar-refractivity contribution in [1.82, 2.24) is 15.0 Å². The van der Waals surface area contributed by atoms with E-state index >= 15 is 0 Å². The number of carbonyl (C=O) groups excluding carboxylic acids is 1. The minimum absolute atomic E-state index is 0.0225. The summed E-state index contributed by atoms with van der Waals surface area (Å²) < 4.78 is 15.3. The van der Waals surface area contributed by atoms with E-state index in [0.717, 1.165) is 6.07 Å². The molecule has 0 amide bonds. The minimum Gasteiger partial charge on any atom is -0.495 e. The van der Waals surface area contributed by atoms with Crippen LogP contribution in [0.5, 0.6) is 11.5 Å². The molecule has 3 aromatic rings. The Bertz CT molecular complexity index is 1120. The zero-order valence-corrected chi connectivity index (χ0v) is 16.6. The van der Waals surface area contributed by atoms with Gasteiger partial charge in [0.05, 0.1) is 30.4 Å². The molecule has 0 aliphatic rings. The van der Waals surface area contributed by atoms with Crippen LogP contribution in [0.15, 0.2) is 42.5 Å². The molecule has 3 N–H and O–H groups in total. The van der Waals surface area contributed by atoms with E-state index in [-0.39, 0.29) is 35.6 Å². The number of hydrogen-bond acceptors (Lipinski definition) is 11. The van der Waals surface area contributed by atoms with E-state index in [2.05, 4.69) is 25.0 Å². The first-order valence-electron chi connectivity index (χ1n) is 8.81. The van der Waals surface area contributed by atoms with Crippen LogP contribution in [0.1, 0.15) is 16.2 Å². The second kappa shape index (κ2) is 9.35. The molecular formula is C19H18N6O6. The summed E-state index contributed by atoms with van der Waals surface area (Å²) in [5.74, 6) is 0.00680. The fourth-order valence-electron chi connectivity index (χ4n) is 2.60. The summed E-state index contributed by atoms with van der Waals surface area (Å²) in [6.45, 7) is -0.230. The van der Waals surface area contributed by atoms with E-state index < -0.39 is 16.6 Å². The molecule has 2 aromatic carbocycles. The number of carbonyl (C=O) groups is 1. The first-order chi connectivity index (χ1) is 14.9. The predicted molar refractivity (Wildman–Crippen MR) is 109 cm³/mol. The summed E-state index contributed by atoms with van der Waals surface area (Å²) in [5, 5.41) is 14.3. The van der Waals surface area contributed by atoms with Crippen molar-refractivity contribution in [3.05, 3.63) is 64.0 Å². The molecule has 0 fully saturated rings. The Hall–Kier alpha value is -4.48. The molecular weight excluding hydrogens is 408 g/mol. The van der Waals surface area contributed by atoms with Crippen molar-refractivity contribution < 1.29 is 23.9 Å². The van der Waals surface area contributed by atoms with Gasteiger partial charge in [0, 0.05) is 6.07 Å². The SMILES string of the molecule is COC(=O)c1ccc(OCc2nc(N)nc(Nc3ccccc3OC)n2)c([N+](=O)[O-])c1. The van der Waals surface area contributed by atoms with Gasteiger partial charge < -0.3 is 25.3 Å². The number of nitro benzene ring substituents is 1.